The minimum Gasteiger partial charge on any atom is -0.452 e. The highest BCUT2D eigenvalue weighted by Crippen LogP contribution is 2.23. The molecule has 1 N–H and O–H groups in total. The minimum atomic E-state index is -0.534. The summed E-state index contributed by atoms with van der Waals surface area (Å²) in [5, 5.41) is 3.54. The van der Waals surface area contributed by atoms with Crippen LogP contribution in [0.5, 0.6) is 0 Å². The van der Waals surface area contributed by atoms with Gasteiger partial charge >= 0.3 is 5.97 Å². The third kappa shape index (κ3) is 5.19. The normalized spacial score (nSPS) is 11.4. The fourth-order valence-electron chi connectivity index (χ4n) is 2.65. The second-order valence-electron chi connectivity index (χ2n) is 5.90. The number of carbonyl (C=O) groups excluding carboxylic acids is 2. The lowest BCUT2D eigenvalue weighted by Gasteiger charge is -2.20. The molecule has 0 fully saturated rings. The number of carbonyl (C=O) groups is 2. The van der Waals surface area contributed by atoms with Crippen molar-refractivity contribution in [2.45, 2.75) is 6.04 Å². The van der Waals surface area contributed by atoms with Crippen LogP contribution in [0.4, 0.5) is 0 Å². The van der Waals surface area contributed by atoms with Crippen molar-refractivity contribution >= 4 is 23.5 Å². The fraction of sp³-hybridized carbons (Fsp3) is 0.0909. The first-order chi connectivity index (χ1) is 13.1. The molecule has 27 heavy (non-hydrogen) atoms. The molecule has 136 valence electrons. The van der Waals surface area contributed by atoms with Gasteiger partial charge in [0.1, 0.15) is 0 Å². The first kappa shape index (κ1) is 18.7. The van der Waals surface area contributed by atoms with Gasteiger partial charge in [-0.2, -0.15) is 0 Å². The van der Waals surface area contributed by atoms with E-state index in [1.165, 1.54) is 0 Å². The van der Waals surface area contributed by atoms with Gasteiger partial charge in [0.2, 0.25) is 0 Å². The molecule has 1 amide bonds. The van der Waals surface area contributed by atoms with Crippen LogP contribution in [-0.2, 0) is 9.53 Å². The summed E-state index contributed by atoms with van der Waals surface area (Å²) in [5.41, 5.74) is 2.21. The molecule has 0 saturated carbocycles. The van der Waals surface area contributed by atoms with E-state index < -0.39 is 5.97 Å². The molecule has 1 atom stereocenters. The van der Waals surface area contributed by atoms with Gasteiger partial charge in [-0.1, -0.05) is 72.3 Å². The Bertz CT molecular complexity index is 896. The predicted octanol–water partition coefficient (Wildman–Crippen LogP) is 4.40. The van der Waals surface area contributed by atoms with Crippen molar-refractivity contribution in [2.24, 2.45) is 0 Å². The molecule has 0 heterocycles. The zero-order valence-electron chi connectivity index (χ0n) is 14.5. The smallest absolute Gasteiger partial charge is 0.338 e. The standard InChI is InChI=1S/C22H18ClNO3/c23-19-13-11-17(12-14-19)21(16-7-3-1-4-8-16)24-20(25)15-27-22(26)18-9-5-2-6-10-18/h1-14,21H,15H2,(H,24,25). The van der Waals surface area contributed by atoms with Crippen LogP contribution in [0.3, 0.4) is 0 Å². The van der Waals surface area contributed by atoms with Gasteiger partial charge < -0.3 is 10.1 Å². The van der Waals surface area contributed by atoms with Gasteiger partial charge in [0, 0.05) is 5.02 Å². The summed E-state index contributed by atoms with van der Waals surface area (Å²) in [7, 11) is 0. The van der Waals surface area contributed by atoms with E-state index in [0.29, 0.717) is 10.6 Å². The lowest BCUT2D eigenvalue weighted by Crippen LogP contribution is -2.33. The van der Waals surface area contributed by atoms with Gasteiger partial charge in [-0.15, -0.1) is 0 Å². The van der Waals surface area contributed by atoms with E-state index in [1.807, 2.05) is 42.5 Å². The van der Waals surface area contributed by atoms with Crippen molar-refractivity contribution in [2.75, 3.05) is 6.61 Å². The summed E-state index contributed by atoms with van der Waals surface area (Å²) in [6, 6.07) is 25.0. The maximum absolute atomic E-state index is 12.4. The molecule has 0 aliphatic carbocycles. The Morgan fingerprint density at radius 3 is 2.00 bits per heavy atom. The van der Waals surface area contributed by atoms with Crippen molar-refractivity contribution in [1.82, 2.24) is 5.32 Å². The molecule has 1 unspecified atom stereocenters. The number of amides is 1. The molecule has 3 rings (SSSR count). The molecule has 0 aromatic heterocycles. The van der Waals surface area contributed by atoms with Crippen molar-refractivity contribution in [3.8, 4) is 0 Å². The second-order valence-corrected chi connectivity index (χ2v) is 6.34. The molecule has 0 aliphatic heterocycles. The van der Waals surface area contributed by atoms with Gasteiger partial charge in [-0.25, -0.2) is 4.79 Å². The van der Waals surface area contributed by atoms with E-state index in [4.69, 9.17) is 16.3 Å². The molecule has 3 aromatic carbocycles. The van der Waals surface area contributed by atoms with E-state index >= 15 is 0 Å². The summed E-state index contributed by atoms with van der Waals surface area (Å²) in [5.74, 6) is -0.920. The molecule has 5 heteroatoms. The molecule has 3 aromatic rings. The van der Waals surface area contributed by atoms with Crippen LogP contribution in [0, 0.1) is 0 Å². The Morgan fingerprint density at radius 1 is 0.815 bits per heavy atom. The van der Waals surface area contributed by atoms with Gasteiger partial charge in [0.15, 0.2) is 6.61 Å². The summed E-state index contributed by atoms with van der Waals surface area (Å²) < 4.78 is 5.11. The van der Waals surface area contributed by atoms with Gasteiger partial charge in [-0.3, -0.25) is 4.79 Å². The first-order valence-electron chi connectivity index (χ1n) is 8.45. The van der Waals surface area contributed by atoms with E-state index in [-0.39, 0.29) is 18.6 Å². The number of halogens is 1. The zero-order chi connectivity index (χ0) is 19.1. The van der Waals surface area contributed by atoms with Crippen molar-refractivity contribution < 1.29 is 14.3 Å². The SMILES string of the molecule is O=C(COC(=O)c1ccccc1)NC(c1ccccc1)c1ccc(Cl)cc1. The lowest BCUT2D eigenvalue weighted by atomic mass is 9.99. The molecule has 0 aliphatic rings. The summed E-state index contributed by atoms with van der Waals surface area (Å²) in [6.45, 7) is -0.356. The van der Waals surface area contributed by atoms with E-state index in [2.05, 4.69) is 5.32 Å². The largest absolute Gasteiger partial charge is 0.452 e. The van der Waals surface area contributed by atoms with Crippen LogP contribution < -0.4 is 5.32 Å². The van der Waals surface area contributed by atoms with E-state index in [9.17, 15) is 9.59 Å². The first-order valence-corrected chi connectivity index (χ1v) is 8.83. The Balaban J connectivity index is 1.69. The highest BCUT2D eigenvalue weighted by molar-refractivity contribution is 6.30. The Kier molecular flexibility index (Phi) is 6.23. The number of nitrogens with one attached hydrogen (secondary N) is 1. The minimum absolute atomic E-state index is 0.356. The Hall–Kier alpha value is -3.11. The molecular weight excluding hydrogens is 362 g/mol. The third-order valence-electron chi connectivity index (χ3n) is 3.99. The highest BCUT2D eigenvalue weighted by atomic mass is 35.5. The van der Waals surface area contributed by atoms with E-state index in [0.717, 1.165) is 11.1 Å². The average molecular weight is 380 g/mol. The third-order valence-corrected chi connectivity index (χ3v) is 4.24. The molecule has 4 nitrogen and oxygen atoms in total. The molecule has 0 saturated heterocycles. The van der Waals surface area contributed by atoms with Gasteiger partial charge in [0.25, 0.3) is 5.91 Å². The lowest BCUT2D eigenvalue weighted by molar-refractivity contribution is -0.124. The zero-order valence-corrected chi connectivity index (χ0v) is 15.2. The number of rotatable bonds is 6. The monoisotopic (exact) mass is 379 g/mol. The second kappa shape index (κ2) is 9.01. The van der Waals surface area contributed by atoms with Crippen LogP contribution >= 0.6 is 11.6 Å². The van der Waals surface area contributed by atoms with Crippen molar-refractivity contribution in [3.05, 3.63) is 107 Å². The van der Waals surface area contributed by atoms with Crippen LogP contribution in [0.2, 0.25) is 5.02 Å². The summed E-state index contributed by atoms with van der Waals surface area (Å²) in [6.07, 6.45) is 0. The number of esters is 1. The van der Waals surface area contributed by atoms with Gasteiger partial charge in [-0.05, 0) is 35.4 Å². The Morgan fingerprint density at radius 2 is 1.37 bits per heavy atom. The number of hydrogen-bond acceptors (Lipinski definition) is 3. The highest BCUT2D eigenvalue weighted by Gasteiger charge is 2.18. The van der Waals surface area contributed by atoms with Crippen molar-refractivity contribution in [3.63, 3.8) is 0 Å². The number of ether oxygens (including phenoxy) is 1. The summed E-state index contributed by atoms with van der Waals surface area (Å²) >= 11 is 5.97. The van der Waals surface area contributed by atoms with Crippen LogP contribution in [0.1, 0.15) is 27.5 Å². The number of hydrogen-bond donors (Lipinski definition) is 1. The van der Waals surface area contributed by atoms with Gasteiger partial charge in [0.05, 0.1) is 11.6 Å². The van der Waals surface area contributed by atoms with Crippen LogP contribution in [-0.4, -0.2) is 18.5 Å². The molecule has 0 spiro atoms. The van der Waals surface area contributed by atoms with E-state index in [1.54, 1.807) is 42.5 Å². The fourth-order valence-corrected chi connectivity index (χ4v) is 2.78. The van der Waals surface area contributed by atoms with Crippen LogP contribution in [0.25, 0.3) is 0 Å². The van der Waals surface area contributed by atoms with Crippen LogP contribution in [0.15, 0.2) is 84.9 Å². The van der Waals surface area contributed by atoms with Crippen molar-refractivity contribution in [1.29, 1.82) is 0 Å². The number of benzene rings is 3. The maximum atomic E-state index is 12.4. The molecule has 0 radical (unpaired) electrons. The predicted molar refractivity (Wildman–Crippen MR) is 105 cm³/mol. The topological polar surface area (TPSA) is 55.4 Å². The molecular formula is C22H18ClNO3. The maximum Gasteiger partial charge on any atom is 0.338 e. The average Bonchev–Trinajstić information content (AvgIpc) is 2.72. The summed E-state index contributed by atoms with van der Waals surface area (Å²) in [4.78, 5) is 24.4. The Labute approximate surface area is 162 Å². The molecule has 0 bridgehead atoms. The quantitative estimate of drug-likeness (QED) is 0.646.